The van der Waals surface area contributed by atoms with Gasteiger partial charge in [-0.3, -0.25) is 0 Å². The van der Waals surface area contributed by atoms with Crippen LogP contribution in [-0.2, 0) is 0 Å². The summed E-state index contributed by atoms with van der Waals surface area (Å²) in [5.41, 5.74) is 1.68. The molecule has 2 aromatic rings. The first-order chi connectivity index (χ1) is 9.13. The molecule has 4 heteroatoms. The summed E-state index contributed by atoms with van der Waals surface area (Å²) >= 11 is 0. The molecule has 1 heterocycles. The van der Waals surface area contributed by atoms with Gasteiger partial charge in [0.25, 0.3) is 0 Å². The van der Waals surface area contributed by atoms with Crippen LogP contribution in [0, 0.1) is 5.82 Å². The van der Waals surface area contributed by atoms with E-state index in [9.17, 15) is 4.39 Å². The summed E-state index contributed by atoms with van der Waals surface area (Å²) in [5.74, 6) is 0.620. The minimum absolute atomic E-state index is 0.0479. The van der Waals surface area contributed by atoms with Crippen LogP contribution in [0.25, 0.3) is 0 Å². The number of nitrogens with one attached hydrogen (secondary N) is 1. The van der Waals surface area contributed by atoms with Crippen LogP contribution in [0.3, 0.4) is 0 Å². The van der Waals surface area contributed by atoms with Gasteiger partial charge in [-0.1, -0.05) is 18.2 Å². The summed E-state index contributed by atoms with van der Waals surface area (Å²) in [6.45, 7) is 1.98. The van der Waals surface area contributed by atoms with Gasteiger partial charge in [0, 0.05) is 37.6 Å². The molecule has 1 aromatic carbocycles. The fourth-order valence-electron chi connectivity index (χ4n) is 2.02. The zero-order valence-electron chi connectivity index (χ0n) is 11.4. The second-order valence-corrected chi connectivity index (χ2v) is 4.46. The van der Waals surface area contributed by atoms with Crippen LogP contribution in [0.15, 0.2) is 42.6 Å². The Balaban J connectivity index is 2.28. The lowest BCUT2D eigenvalue weighted by atomic mass is 10.1. The van der Waals surface area contributed by atoms with Crippen LogP contribution in [0.5, 0.6) is 0 Å². The molecule has 0 aliphatic carbocycles. The Morgan fingerprint density at radius 1 is 1.26 bits per heavy atom. The molecule has 100 valence electrons. The third-order valence-electron chi connectivity index (χ3n) is 3.34. The van der Waals surface area contributed by atoms with E-state index in [1.54, 1.807) is 12.3 Å². The van der Waals surface area contributed by atoms with Crippen LogP contribution in [0.1, 0.15) is 18.5 Å². The van der Waals surface area contributed by atoms with Crippen LogP contribution in [0.2, 0.25) is 0 Å². The Hall–Kier alpha value is -2.10. The van der Waals surface area contributed by atoms with Gasteiger partial charge in [0.2, 0.25) is 0 Å². The van der Waals surface area contributed by atoms with Gasteiger partial charge in [0.1, 0.15) is 11.6 Å². The van der Waals surface area contributed by atoms with Crippen molar-refractivity contribution in [3.05, 3.63) is 54.0 Å². The molecule has 0 fully saturated rings. The molecule has 1 atom stereocenters. The van der Waals surface area contributed by atoms with Crippen molar-refractivity contribution in [2.24, 2.45) is 0 Å². The standard InChI is InChI=1S/C15H18FN3/c1-11(13-6-4-5-7-14(13)16)19(3)12-8-9-18-15(10-12)17-2/h4-11H,1-3H3,(H,17,18). The van der Waals surface area contributed by atoms with Crippen molar-refractivity contribution in [3.63, 3.8) is 0 Å². The largest absolute Gasteiger partial charge is 0.373 e. The van der Waals surface area contributed by atoms with Crippen molar-refractivity contribution in [2.45, 2.75) is 13.0 Å². The molecular formula is C15H18FN3. The van der Waals surface area contributed by atoms with Crippen LogP contribution < -0.4 is 10.2 Å². The van der Waals surface area contributed by atoms with E-state index in [1.807, 2.05) is 50.2 Å². The highest BCUT2D eigenvalue weighted by Crippen LogP contribution is 2.27. The smallest absolute Gasteiger partial charge is 0.128 e. The minimum atomic E-state index is -0.176. The Labute approximate surface area is 113 Å². The number of pyridine rings is 1. The molecule has 1 unspecified atom stereocenters. The van der Waals surface area contributed by atoms with Crippen molar-refractivity contribution in [3.8, 4) is 0 Å². The van der Waals surface area contributed by atoms with E-state index in [0.717, 1.165) is 11.5 Å². The number of benzene rings is 1. The first kappa shape index (κ1) is 13.3. The van der Waals surface area contributed by atoms with Crippen LogP contribution in [0.4, 0.5) is 15.9 Å². The SMILES string of the molecule is CNc1cc(N(C)C(C)c2ccccc2F)ccn1. The second kappa shape index (κ2) is 5.69. The van der Waals surface area contributed by atoms with E-state index in [-0.39, 0.29) is 11.9 Å². The summed E-state index contributed by atoms with van der Waals surface area (Å²) < 4.78 is 13.8. The molecule has 0 radical (unpaired) electrons. The molecule has 0 amide bonds. The molecular weight excluding hydrogens is 241 g/mol. The highest BCUT2D eigenvalue weighted by atomic mass is 19.1. The molecule has 2 rings (SSSR count). The van der Waals surface area contributed by atoms with Gasteiger partial charge in [0.15, 0.2) is 0 Å². The molecule has 19 heavy (non-hydrogen) atoms. The summed E-state index contributed by atoms with van der Waals surface area (Å²) in [4.78, 5) is 6.21. The maximum atomic E-state index is 13.8. The Morgan fingerprint density at radius 2 is 2.00 bits per heavy atom. The Bertz CT molecular complexity index is 557. The lowest BCUT2D eigenvalue weighted by Crippen LogP contribution is -2.22. The van der Waals surface area contributed by atoms with Crippen molar-refractivity contribution >= 4 is 11.5 Å². The van der Waals surface area contributed by atoms with Gasteiger partial charge in [0.05, 0.1) is 6.04 Å². The molecule has 0 saturated heterocycles. The molecule has 0 aliphatic heterocycles. The molecule has 3 nitrogen and oxygen atoms in total. The van der Waals surface area contributed by atoms with E-state index < -0.39 is 0 Å². The van der Waals surface area contributed by atoms with Gasteiger partial charge in [-0.25, -0.2) is 9.37 Å². The normalized spacial score (nSPS) is 12.0. The van der Waals surface area contributed by atoms with Crippen molar-refractivity contribution in [2.75, 3.05) is 24.3 Å². The molecule has 0 spiro atoms. The summed E-state index contributed by atoms with van der Waals surface area (Å²) in [5, 5.41) is 3.00. The third-order valence-corrected chi connectivity index (χ3v) is 3.34. The zero-order valence-corrected chi connectivity index (χ0v) is 11.4. The average Bonchev–Trinajstić information content (AvgIpc) is 2.46. The number of anilines is 2. The number of aromatic nitrogens is 1. The second-order valence-electron chi connectivity index (χ2n) is 4.46. The number of nitrogens with zero attached hydrogens (tertiary/aromatic N) is 2. The van der Waals surface area contributed by atoms with Gasteiger partial charge in [-0.05, 0) is 19.1 Å². The summed E-state index contributed by atoms with van der Waals surface area (Å²) in [7, 11) is 3.78. The monoisotopic (exact) mass is 259 g/mol. The summed E-state index contributed by atoms with van der Waals surface area (Å²) in [6, 6.07) is 10.7. The molecule has 0 aliphatic rings. The average molecular weight is 259 g/mol. The lowest BCUT2D eigenvalue weighted by Gasteiger charge is -2.27. The number of rotatable bonds is 4. The molecule has 1 aromatic heterocycles. The quantitative estimate of drug-likeness (QED) is 0.911. The Kier molecular flexibility index (Phi) is 4.00. The predicted octanol–water partition coefficient (Wildman–Crippen LogP) is 3.46. The van der Waals surface area contributed by atoms with E-state index in [0.29, 0.717) is 5.56 Å². The maximum absolute atomic E-state index is 13.8. The first-order valence-electron chi connectivity index (χ1n) is 6.24. The fraction of sp³-hybridized carbons (Fsp3) is 0.267. The highest BCUT2D eigenvalue weighted by molar-refractivity contribution is 5.54. The van der Waals surface area contributed by atoms with E-state index in [1.165, 1.54) is 6.07 Å². The van der Waals surface area contributed by atoms with Gasteiger partial charge in [-0.2, -0.15) is 0 Å². The first-order valence-corrected chi connectivity index (χ1v) is 6.24. The van der Waals surface area contributed by atoms with E-state index in [2.05, 4.69) is 10.3 Å². The van der Waals surface area contributed by atoms with E-state index >= 15 is 0 Å². The highest BCUT2D eigenvalue weighted by Gasteiger charge is 2.16. The van der Waals surface area contributed by atoms with Crippen molar-refractivity contribution < 1.29 is 4.39 Å². The predicted molar refractivity (Wildman–Crippen MR) is 77.0 cm³/mol. The van der Waals surface area contributed by atoms with Gasteiger partial charge in [-0.15, -0.1) is 0 Å². The van der Waals surface area contributed by atoms with Crippen LogP contribution in [-0.4, -0.2) is 19.1 Å². The maximum Gasteiger partial charge on any atom is 0.128 e. The lowest BCUT2D eigenvalue weighted by molar-refractivity contribution is 0.585. The topological polar surface area (TPSA) is 28.2 Å². The minimum Gasteiger partial charge on any atom is -0.373 e. The molecule has 0 bridgehead atoms. The number of hydrogen-bond acceptors (Lipinski definition) is 3. The molecule has 0 saturated carbocycles. The fourth-order valence-corrected chi connectivity index (χ4v) is 2.02. The summed E-state index contributed by atoms with van der Waals surface area (Å²) in [6.07, 6.45) is 1.74. The van der Waals surface area contributed by atoms with Gasteiger partial charge < -0.3 is 10.2 Å². The molecule has 1 N–H and O–H groups in total. The Morgan fingerprint density at radius 3 is 2.68 bits per heavy atom. The number of hydrogen-bond donors (Lipinski definition) is 1. The van der Waals surface area contributed by atoms with Crippen molar-refractivity contribution in [1.82, 2.24) is 4.98 Å². The zero-order chi connectivity index (χ0) is 13.8. The van der Waals surface area contributed by atoms with E-state index in [4.69, 9.17) is 0 Å². The van der Waals surface area contributed by atoms with Gasteiger partial charge >= 0.3 is 0 Å². The van der Waals surface area contributed by atoms with Crippen LogP contribution >= 0.6 is 0 Å². The third kappa shape index (κ3) is 2.84. The number of halogens is 1. The van der Waals surface area contributed by atoms with Crippen molar-refractivity contribution in [1.29, 1.82) is 0 Å².